The van der Waals surface area contributed by atoms with Gasteiger partial charge in [0.05, 0.1) is 12.6 Å². The number of carbonyl (C=O) groups is 1. The third-order valence-electron chi connectivity index (χ3n) is 4.32. The zero-order valence-electron chi connectivity index (χ0n) is 12.6. The Labute approximate surface area is 126 Å². The Morgan fingerprint density at radius 3 is 2.76 bits per heavy atom. The van der Waals surface area contributed by atoms with Crippen molar-refractivity contribution < 1.29 is 14.3 Å². The van der Waals surface area contributed by atoms with Crippen LogP contribution in [0.5, 0.6) is 5.75 Å². The second kappa shape index (κ2) is 6.48. The summed E-state index contributed by atoms with van der Waals surface area (Å²) in [5.74, 6) is 1.06. The first-order chi connectivity index (χ1) is 10.3. The normalized spacial score (nSPS) is 25.3. The van der Waals surface area contributed by atoms with E-state index >= 15 is 0 Å². The maximum Gasteiger partial charge on any atom is 0.252 e. The standard InChI is InChI=1S/C17H23NO3/c1-2-20-14-9-7-13(8-10-14)15-5-3-11-18(15)17(19)16-6-4-12-21-16/h7-10,15-16H,2-6,11-12H2,1H3. The number of likely N-dealkylation sites (tertiary alicyclic amines) is 1. The van der Waals surface area contributed by atoms with E-state index in [0.717, 1.165) is 44.6 Å². The first kappa shape index (κ1) is 14.4. The second-order valence-electron chi connectivity index (χ2n) is 5.69. The molecule has 2 heterocycles. The predicted molar refractivity (Wildman–Crippen MR) is 80.3 cm³/mol. The third kappa shape index (κ3) is 3.05. The van der Waals surface area contributed by atoms with Crippen LogP contribution in [0.25, 0.3) is 0 Å². The summed E-state index contributed by atoms with van der Waals surface area (Å²) in [6, 6.07) is 8.34. The van der Waals surface area contributed by atoms with E-state index in [1.54, 1.807) is 0 Å². The lowest BCUT2D eigenvalue weighted by Gasteiger charge is -2.27. The van der Waals surface area contributed by atoms with Crippen molar-refractivity contribution in [2.45, 2.75) is 44.8 Å². The van der Waals surface area contributed by atoms with Gasteiger partial charge in [0.15, 0.2) is 0 Å². The van der Waals surface area contributed by atoms with Gasteiger partial charge in [-0.3, -0.25) is 4.79 Å². The number of hydrogen-bond acceptors (Lipinski definition) is 3. The van der Waals surface area contributed by atoms with Gasteiger partial charge in [-0.25, -0.2) is 0 Å². The zero-order chi connectivity index (χ0) is 14.7. The molecule has 2 atom stereocenters. The Kier molecular flexibility index (Phi) is 4.44. The van der Waals surface area contributed by atoms with Gasteiger partial charge in [-0.05, 0) is 50.3 Å². The van der Waals surface area contributed by atoms with Gasteiger partial charge < -0.3 is 14.4 Å². The molecule has 0 radical (unpaired) electrons. The first-order valence-electron chi connectivity index (χ1n) is 7.94. The van der Waals surface area contributed by atoms with Crippen LogP contribution in [0.15, 0.2) is 24.3 Å². The SMILES string of the molecule is CCOc1ccc(C2CCCN2C(=O)C2CCCO2)cc1. The fourth-order valence-corrected chi connectivity index (χ4v) is 3.29. The Hall–Kier alpha value is -1.55. The summed E-state index contributed by atoms with van der Waals surface area (Å²) in [7, 11) is 0. The van der Waals surface area contributed by atoms with E-state index in [1.165, 1.54) is 5.56 Å². The first-order valence-corrected chi connectivity index (χ1v) is 7.94. The highest BCUT2D eigenvalue weighted by atomic mass is 16.5. The molecule has 3 rings (SSSR count). The molecule has 2 saturated heterocycles. The van der Waals surface area contributed by atoms with Crippen molar-refractivity contribution in [3.63, 3.8) is 0 Å². The molecular weight excluding hydrogens is 266 g/mol. The highest BCUT2D eigenvalue weighted by Gasteiger charge is 2.35. The molecule has 2 fully saturated rings. The summed E-state index contributed by atoms with van der Waals surface area (Å²) in [6.45, 7) is 4.22. The second-order valence-corrected chi connectivity index (χ2v) is 5.69. The number of carbonyl (C=O) groups excluding carboxylic acids is 1. The predicted octanol–water partition coefficient (Wildman–Crippen LogP) is 2.93. The maximum atomic E-state index is 12.6. The fraction of sp³-hybridized carbons (Fsp3) is 0.588. The van der Waals surface area contributed by atoms with Crippen LogP contribution in [-0.2, 0) is 9.53 Å². The molecule has 2 aliphatic rings. The lowest BCUT2D eigenvalue weighted by atomic mass is 10.0. The molecule has 0 aromatic heterocycles. The molecule has 1 aromatic carbocycles. The molecule has 0 bridgehead atoms. The number of amides is 1. The third-order valence-corrected chi connectivity index (χ3v) is 4.32. The summed E-state index contributed by atoms with van der Waals surface area (Å²) in [4.78, 5) is 14.6. The number of nitrogens with zero attached hydrogens (tertiary/aromatic N) is 1. The minimum Gasteiger partial charge on any atom is -0.494 e. The molecule has 0 N–H and O–H groups in total. The average Bonchev–Trinajstić information content (AvgIpc) is 3.19. The Bertz CT molecular complexity index is 479. The van der Waals surface area contributed by atoms with Crippen LogP contribution >= 0.6 is 0 Å². The van der Waals surface area contributed by atoms with E-state index < -0.39 is 0 Å². The minimum absolute atomic E-state index is 0.170. The van der Waals surface area contributed by atoms with E-state index in [-0.39, 0.29) is 18.1 Å². The molecular formula is C17H23NO3. The molecule has 2 unspecified atom stereocenters. The van der Waals surface area contributed by atoms with Crippen LogP contribution < -0.4 is 4.74 Å². The van der Waals surface area contributed by atoms with Crippen LogP contribution in [0.4, 0.5) is 0 Å². The number of hydrogen-bond donors (Lipinski definition) is 0. The van der Waals surface area contributed by atoms with Crippen molar-refractivity contribution in [1.82, 2.24) is 4.90 Å². The highest BCUT2D eigenvalue weighted by molar-refractivity contribution is 5.82. The maximum absolute atomic E-state index is 12.6. The quantitative estimate of drug-likeness (QED) is 0.855. The summed E-state index contributed by atoms with van der Waals surface area (Å²) < 4.78 is 11.0. The Balaban J connectivity index is 1.72. The van der Waals surface area contributed by atoms with Crippen molar-refractivity contribution in [2.75, 3.05) is 19.8 Å². The molecule has 0 saturated carbocycles. The average molecular weight is 289 g/mol. The number of benzene rings is 1. The van der Waals surface area contributed by atoms with Crippen molar-refractivity contribution in [3.05, 3.63) is 29.8 Å². The van der Waals surface area contributed by atoms with Gasteiger partial charge in [0.25, 0.3) is 5.91 Å². The molecule has 21 heavy (non-hydrogen) atoms. The van der Waals surface area contributed by atoms with Crippen molar-refractivity contribution in [1.29, 1.82) is 0 Å². The van der Waals surface area contributed by atoms with Crippen LogP contribution in [0.3, 0.4) is 0 Å². The van der Waals surface area contributed by atoms with Crippen LogP contribution in [0.2, 0.25) is 0 Å². The zero-order valence-corrected chi connectivity index (χ0v) is 12.6. The summed E-state index contributed by atoms with van der Waals surface area (Å²) >= 11 is 0. The van der Waals surface area contributed by atoms with Gasteiger partial charge in [-0.15, -0.1) is 0 Å². The van der Waals surface area contributed by atoms with E-state index in [1.807, 2.05) is 24.0 Å². The smallest absolute Gasteiger partial charge is 0.252 e. The fourth-order valence-electron chi connectivity index (χ4n) is 3.29. The van der Waals surface area contributed by atoms with E-state index in [9.17, 15) is 4.79 Å². The monoisotopic (exact) mass is 289 g/mol. The van der Waals surface area contributed by atoms with Gasteiger partial charge in [-0.2, -0.15) is 0 Å². The van der Waals surface area contributed by atoms with E-state index in [2.05, 4.69) is 12.1 Å². The summed E-state index contributed by atoms with van der Waals surface area (Å²) in [6.07, 6.45) is 3.75. The largest absolute Gasteiger partial charge is 0.494 e. The van der Waals surface area contributed by atoms with E-state index in [4.69, 9.17) is 9.47 Å². The Morgan fingerprint density at radius 1 is 1.29 bits per heavy atom. The lowest BCUT2D eigenvalue weighted by Crippen LogP contribution is -2.38. The molecule has 114 valence electrons. The minimum atomic E-state index is -0.215. The van der Waals surface area contributed by atoms with Gasteiger partial charge in [0.1, 0.15) is 11.9 Å². The van der Waals surface area contributed by atoms with Crippen LogP contribution in [0, 0.1) is 0 Å². The van der Waals surface area contributed by atoms with Gasteiger partial charge in [-0.1, -0.05) is 12.1 Å². The molecule has 0 aliphatic carbocycles. The van der Waals surface area contributed by atoms with Crippen molar-refractivity contribution in [2.24, 2.45) is 0 Å². The van der Waals surface area contributed by atoms with Gasteiger partial charge >= 0.3 is 0 Å². The van der Waals surface area contributed by atoms with Crippen molar-refractivity contribution in [3.8, 4) is 5.75 Å². The van der Waals surface area contributed by atoms with Crippen LogP contribution in [0.1, 0.15) is 44.2 Å². The van der Waals surface area contributed by atoms with E-state index in [0.29, 0.717) is 6.61 Å². The Morgan fingerprint density at radius 2 is 2.10 bits per heavy atom. The molecule has 1 amide bonds. The van der Waals surface area contributed by atoms with Gasteiger partial charge in [0, 0.05) is 13.2 Å². The molecule has 0 spiro atoms. The lowest BCUT2D eigenvalue weighted by molar-refractivity contribution is -0.141. The number of ether oxygens (including phenoxy) is 2. The summed E-state index contributed by atoms with van der Waals surface area (Å²) in [5.41, 5.74) is 1.20. The molecule has 1 aromatic rings. The molecule has 2 aliphatic heterocycles. The molecule has 4 heteroatoms. The van der Waals surface area contributed by atoms with Crippen molar-refractivity contribution >= 4 is 5.91 Å². The van der Waals surface area contributed by atoms with Crippen LogP contribution in [-0.4, -0.2) is 36.7 Å². The van der Waals surface area contributed by atoms with Gasteiger partial charge in [0.2, 0.25) is 0 Å². The highest BCUT2D eigenvalue weighted by Crippen LogP contribution is 2.34. The summed E-state index contributed by atoms with van der Waals surface area (Å²) in [5, 5.41) is 0. The molecule has 4 nitrogen and oxygen atoms in total. The number of rotatable bonds is 4. The topological polar surface area (TPSA) is 38.8 Å².